The number of nitrogens with zero attached hydrogens (tertiary/aromatic N) is 3. The molecule has 0 fully saturated rings. The first-order chi connectivity index (χ1) is 8.05. The molecule has 0 bridgehead atoms. The summed E-state index contributed by atoms with van der Waals surface area (Å²) in [5.41, 5.74) is 1.87. The van der Waals surface area contributed by atoms with Gasteiger partial charge >= 0.3 is 0 Å². The van der Waals surface area contributed by atoms with Gasteiger partial charge in [0.2, 0.25) is 9.84 Å². The zero-order chi connectivity index (χ0) is 12.0. The van der Waals surface area contributed by atoms with Gasteiger partial charge in [0, 0.05) is 17.2 Å². The first-order valence-electron chi connectivity index (χ1n) is 4.87. The van der Waals surface area contributed by atoms with Crippen LogP contribution < -0.4 is 0 Å². The highest BCUT2D eigenvalue weighted by atomic mass is 32.2. The third-order valence-corrected chi connectivity index (χ3v) is 3.27. The maximum absolute atomic E-state index is 11.3. The smallest absolute Gasteiger partial charge is 0.269 e. The van der Waals surface area contributed by atoms with Gasteiger partial charge in [-0.3, -0.25) is 0 Å². The first kappa shape index (κ1) is 10.2. The molecule has 0 saturated heterocycles. The molecular formula is C10H8N4O2S. The summed E-state index contributed by atoms with van der Waals surface area (Å²) in [5, 5.41) is 8.15. The summed E-state index contributed by atoms with van der Waals surface area (Å²) in [6.45, 7) is 0. The van der Waals surface area contributed by atoms with E-state index in [1.165, 1.54) is 0 Å². The van der Waals surface area contributed by atoms with E-state index in [1.807, 2.05) is 24.3 Å². The third-order valence-electron chi connectivity index (χ3n) is 2.43. The van der Waals surface area contributed by atoms with Crippen LogP contribution in [-0.4, -0.2) is 34.8 Å². The molecule has 0 aliphatic heterocycles. The average Bonchev–Trinajstić information content (AvgIpc) is 2.65. The van der Waals surface area contributed by atoms with Crippen molar-refractivity contribution in [2.24, 2.45) is 0 Å². The number of rotatable bonds is 1. The summed E-state index contributed by atoms with van der Waals surface area (Å²) in [4.78, 5) is 6.98. The fourth-order valence-electron chi connectivity index (χ4n) is 1.66. The molecule has 17 heavy (non-hydrogen) atoms. The van der Waals surface area contributed by atoms with E-state index in [9.17, 15) is 8.42 Å². The molecule has 6 nitrogen and oxygen atoms in total. The molecule has 0 aliphatic rings. The monoisotopic (exact) mass is 248 g/mol. The van der Waals surface area contributed by atoms with Crippen LogP contribution in [0.5, 0.6) is 0 Å². The maximum atomic E-state index is 11.3. The standard InChI is InChI=1S/C10H8N4O2S/c1-17(15,16)10-12-9-8(13-14-10)6-4-2-3-5-7(6)11-9/h2-5H,1H3,(H,11,12,14). The van der Waals surface area contributed by atoms with Gasteiger partial charge in [-0.05, 0) is 6.07 Å². The third kappa shape index (κ3) is 1.55. The van der Waals surface area contributed by atoms with Crippen molar-refractivity contribution in [2.75, 3.05) is 6.26 Å². The van der Waals surface area contributed by atoms with Gasteiger partial charge in [0.05, 0.1) is 0 Å². The minimum absolute atomic E-state index is 0.267. The number of aromatic amines is 1. The molecule has 1 aromatic carbocycles. The molecule has 0 spiro atoms. The van der Waals surface area contributed by atoms with Crippen LogP contribution >= 0.6 is 0 Å². The van der Waals surface area contributed by atoms with Crippen molar-refractivity contribution in [2.45, 2.75) is 5.16 Å². The highest BCUT2D eigenvalue weighted by Crippen LogP contribution is 2.21. The maximum Gasteiger partial charge on any atom is 0.269 e. The van der Waals surface area contributed by atoms with E-state index in [4.69, 9.17) is 0 Å². The topological polar surface area (TPSA) is 88.6 Å². The Hall–Kier alpha value is -2.02. The SMILES string of the molecule is CS(=O)(=O)c1nnc2c(n1)[nH]c1ccccc12. The van der Waals surface area contributed by atoms with Crippen LogP contribution in [0.15, 0.2) is 29.4 Å². The van der Waals surface area contributed by atoms with E-state index in [0.717, 1.165) is 17.2 Å². The molecule has 2 aromatic heterocycles. The highest BCUT2D eigenvalue weighted by Gasteiger charge is 2.15. The van der Waals surface area contributed by atoms with Crippen molar-refractivity contribution in [3.8, 4) is 0 Å². The quantitative estimate of drug-likeness (QED) is 0.691. The number of aromatic nitrogens is 4. The van der Waals surface area contributed by atoms with Crippen molar-refractivity contribution in [1.29, 1.82) is 0 Å². The molecular weight excluding hydrogens is 240 g/mol. The Morgan fingerprint density at radius 3 is 2.71 bits per heavy atom. The van der Waals surface area contributed by atoms with E-state index in [0.29, 0.717) is 11.2 Å². The van der Waals surface area contributed by atoms with Gasteiger partial charge in [-0.25, -0.2) is 8.42 Å². The van der Waals surface area contributed by atoms with Crippen LogP contribution in [-0.2, 0) is 9.84 Å². The molecule has 0 atom stereocenters. The molecule has 3 aromatic rings. The van der Waals surface area contributed by atoms with Crippen LogP contribution in [0.4, 0.5) is 0 Å². The molecule has 0 aliphatic carbocycles. The summed E-state index contributed by atoms with van der Waals surface area (Å²) in [6, 6.07) is 7.51. The normalized spacial score (nSPS) is 12.3. The molecule has 0 saturated carbocycles. The minimum atomic E-state index is -3.44. The molecule has 2 heterocycles. The summed E-state index contributed by atoms with van der Waals surface area (Å²) < 4.78 is 22.6. The van der Waals surface area contributed by atoms with E-state index in [-0.39, 0.29) is 5.16 Å². The Morgan fingerprint density at radius 2 is 1.94 bits per heavy atom. The molecule has 86 valence electrons. The van der Waals surface area contributed by atoms with Gasteiger partial charge in [0.1, 0.15) is 5.52 Å². The second-order valence-corrected chi connectivity index (χ2v) is 5.64. The van der Waals surface area contributed by atoms with Gasteiger partial charge in [0.25, 0.3) is 5.16 Å². The lowest BCUT2D eigenvalue weighted by Gasteiger charge is -1.94. The van der Waals surface area contributed by atoms with Crippen LogP contribution in [0, 0.1) is 0 Å². The predicted octanol–water partition coefficient (Wildman–Crippen LogP) is 0.910. The van der Waals surface area contributed by atoms with Crippen molar-refractivity contribution in [3.63, 3.8) is 0 Å². The van der Waals surface area contributed by atoms with Gasteiger partial charge in [-0.2, -0.15) is 4.98 Å². The number of para-hydroxylation sites is 1. The summed E-state index contributed by atoms with van der Waals surface area (Å²) >= 11 is 0. The molecule has 0 radical (unpaired) electrons. The summed E-state index contributed by atoms with van der Waals surface area (Å²) in [7, 11) is -3.44. The second kappa shape index (κ2) is 3.24. The second-order valence-electron chi connectivity index (χ2n) is 3.73. The largest absolute Gasteiger partial charge is 0.338 e. The lowest BCUT2D eigenvalue weighted by molar-refractivity contribution is 0.590. The number of H-pyrrole nitrogens is 1. The Morgan fingerprint density at radius 1 is 1.18 bits per heavy atom. The highest BCUT2D eigenvalue weighted by molar-refractivity contribution is 7.90. The van der Waals surface area contributed by atoms with Crippen molar-refractivity contribution < 1.29 is 8.42 Å². The zero-order valence-corrected chi connectivity index (χ0v) is 9.69. The molecule has 0 amide bonds. The summed E-state index contributed by atoms with van der Waals surface area (Å²) in [5.74, 6) is 0. The number of fused-ring (bicyclic) bond motifs is 3. The van der Waals surface area contributed by atoms with Crippen molar-refractivity contribution in [3.05, 3.63) is 24.3 Å². The first-order valence-corrected chi connectivity index (χ1v) is 6.76. The number of hydrogen-bond acceptors (Lipinski definition) is 5. The minimum Gasteiger partial charge on any atom is -0.338 e. The lowest BCUT2D eigenvalue weighted by Crippen LogP contribution is -2.05. The Bertz CT molecular complexity index is 823. The fraction of sp³-hybridized carbons (Fsp3) is 0.100. The zero-order valence-electron chi connectivity index (χ0n) is 8.88. The molecule has 1 N–H and O–H groups in total. The molecule has 7 heteroatoms. The number of nitrogens with one attached hydrogen (secondary N) is 1. The predicted molar refractivity (Wildman–Crippen MR) is 62.3 cm³/mol. The lowest BCUT2D eigenvalue weighted by atomic mass is 10.2. The van der Waals surface area contributed by atoms with Gasteiger partial charge < -0.3 is 4.98 Å². The van der Waals surface area contributed by atoms with Crippen LogP contribution in [0.2, 0.25) is 0 Å². The van der Waals surface area contributed by atoms with Crippen LogP contribution in [0.1, 0.15) is 0 Å². The van der Waals surface area contributed by atoms with Gasteiger partial charge in [-0.15, -0.1) is 10.2 Å². The Labute approximate surface area is 96.6 Å². The van der Waals surface area contributed by atoms with Crippen LogP contribution in [0.3, 0.4) is 0 Å². The van der Waals surface area contributed by atoms with Crippen molar-refractivity contribution >= 4 is 31.9 Å². The van der Waals surface area contributed by atoms with E-state index in [1.54, 1.807) is 0 Å². The Balaban J connectivity index is 2.42. The fourth-order valence-corrected chi connectivity index (χ4v) is 2.11. The van der Waals surface area contributed by atoms with Gasteiger partial charge in [-0.1, -0.05) is 18.2 Å². The van der Waals surface area contributed by atoms with E-state index in [2.05, 4.69) is 20.2 Å². The van der Waals surface area contributed by atoms with Crippen LogP contribution in [0.25, 0.3) is 22.1 Å². The van der Waals surface area contributed by atoms with E-state index < -0.39 is 9.84 Å². The average molecular weight is 248 g/mol. The number of hydrogen-bond donors (Lipinski definition) is 1. The molecule has 0 unspecified atom stereocenters. The number of benzene rings is 1. The van der Waals surface area contributed by atoms with Crippen molar-refractivity contribution in [1.82, 2.24) is 20.2 Å². The Kier molecular flexibility index (Phi) is 1.93. The van der Waals surface area contributed by atoms with E-state index >= 15 is 0 Å². The van der Waals surface area contributed by atoms with Gasteiger partial charge in [0.15, 0.2) is 5.65 Å². The summed E-state index contributed by atoms with van der Waals surface area (Å²) in [6.07, 6.45) is 1.05. The molecule has 3 rings (SSSR count). The number of sulfone groups is 1.